The number of carbonyl (C=O) groups is 4. The van der Waals surface area contributed by atoms with Crippen LogP contribution >= 0.6 is 11.6 Å². The lowest BCUT2D eigenvalue weighted by Gasteiger charge is -2.26. The molecule has 0 spiro atoms. The molecule has 0 saturated carbocycles. The fourth-order valence-corrected chi connectivity index (χ4v) is 3.29. The van der Waals surface area contributed by atoms with Gasteiger partial charge in [0, 0.05) is 10.6 Å². The number of carbonyl (C=O) groups excluding carboxylic acids is 3. The number of halogens is 1. The summed E-state index contributed by atoms with van der Waals surface area (Å²) in [6.07, 6.45) is 1.19. The van der Waals surface area contributed by atoms with Crippen LogP contribution in [0.5, 0.6) is 0 Å². The first-order chi connectivity index (χ1) is 14.8. The summed E-state index contributed by atoms with van der Waals surface area (Å²) in [5, 5.41) is 11.8. The topological polar surface area (TPSA) is 117 Å². The van der Waals surface area contributed by atoms with Crippen LogP contribution in [0.3, 0.4) is 0 Å². The molecule has 154 valence electrons. The highest BCUT2D eigenvalue weighted by Crippen LogP contribution is 2.28. The van der Waals surface area contributed by atoms with Crippen molar-refractivity contribution in [2.45, 2.75) is 0 Å². The Morgan fingerprint density at radius 1 is 1.03 bits per heavy atom. The molecule has 0 unspecified atom stereocenters. The lowest BCUT2D eigenvalue weighted by molar-refractivity contribution is -0.122. The number of hydrogen-bond acceptors (Lipinski definition) is 5. The van der Waals surface area contributed by atoms with Crippen LogP contribution in [-0.4, -0.2) is 28.9 Å². The zero-order chi connectivity index (χ0) is 22.1. The molecule has 0 radical (unpaired) electrons. The maximum Gasteiger partial charge on any atom is 0.336 e. The number of carboxylic acids is 1. The van der Waals surface area contributed by atoms with Gasteiger partial charge in [0.1, 0.15) is 17.1 Å². The molecule has 2 heterocycles. The van der Waals surface area contributed by atoms with Crippen molar-refractivity contribution in [3.63, 3.8) is 0 Å². The zero-order valence-corrected chi connectivity index (χ0v) is 16.4. The van der Waals surface area contributed by atoms with E-state index in [1.54, 1.807) is 30.3 Å². The Bertz CT molecular complexity index is 1280. The summed E-state index contributed by atoms with van der Waals surface area (Å²) in [5.74, 6) is -2.47. The van der Waals surface area contributed by atoms with Crippen LogP contribution in [-0.2, 0) is 9.59 Å². The van der Waals surface area contributed by atoms with Gasteiger partial charge in [-0.15, -0.1) is 0 Å². The molecule has 1 aliphatic heterocycles. The van der Waals surface area contributed by atoms with Crippen molar-refractivity contribution >= 4 is 47.2 Å². The second kappa shape index (κ2) is 7.92. The number of carboxylic acid groups (broad SMARTS) is 1. The van der Waals surface area contributed by atoms with Gasteiger partial charge in [0.05, 0.1) is 11.3 Å². The summed E-state index contributed by atoms with van der Waals surface area (Å²) < 4.78 is 5.65. The van der Waals surface area contributed by atoms with Gasteiger partial charge in [0.2, 0.25) is 0 Å². The molecule has 1 fully saturated rings. The molecule has 31 heavy (non-hydrogen) atoms. The number of amides is 4. The van der Waals surface area contributed by atoms with Crippen molar-refractivity contribution in [3.05, 3.63) is 82.6 Å². The van der Waals surface area contributed by atoms with Crippen molar-refractivity contribution in [3.8, 4) is 11.3 Å². The minimum atomic E-state index is -1.12. The zero-order valence-electron chi connectivity index (χ0n) is 15.7. The molecular formula is C22H13ClN2O6. The number of urea groups is 1. The summed E-state index contributed by atoms with van der Waals surface area (Å²) in [6.45, 7) is 0. The molecule has 4 rings (SSSR count). The third kappa shape index (κ3) is 3.84. The fourth-order valence-electron chi connectivity index (χ4n) is 3.11. The van der Waals surface area contributed by atoms with Gasteiger partial charge in [0.25, 0.3) is 11.8 Å². The van der Waals surface area contributed by atoms with Crippen molar-refractivity contribution < 1.29 is 28.7 Å². The van der Waals surface area contributed by atoms with Crippen LogP contribution in [0, 0.1) is 0 Å². The molecule has 1 aliphatic rings. The lowest BCUT2D eigenvalue weighted by atomic mass is 10.1. The van der Waals surface area contributed by atoms with Crippen molar-refractivity contribution in [2.75, 3.05) is 4.90 Å². The predicted octanol–water partition coefficient (Wildman–Crippen LogP) is 3.96. The maximum absolute atomic E-state index is 12.9. The van der Waals surface area contributed by atoms with Gasteiger partial charge < -0.3 is 9.52 Å². The average molecular weight is 437 g/mol. The van der Waals surface area contributed by atoms with Gasteiger partial charge in [-0.3, -0.25) is 14.9 Å². The second-order valence-corrected chi connectivity index (χ2v) is 6.93. The number of aromatic carboxylic acids is 1. The Balaban J connectivity index is 1.70. The largest absolute Gasteiger partial charge is 0.478 e. The Hall–Kier alpha value is -4.17. The van der Waals surface area contributed by atoms with E-state index >= 15 is 0 Å². The smallest absolute Gasteiger partial charge is 0.336 e. The van der Waals surface area contributed by atoms with Gasteiger partial charge in [0.15, 0.2) is 0 Å². The highest BCUT2D eigenvalue weighted by molar-refractivity contribution is 6.39. The number of rotatable bonds is 4. The van der Waals surface area contributed by atoms with Crippen molar-refractivity contribution in [2.24, 2.45) is 0 Å². The fraction of sp³-hybridized carbons (Fsp3) is 0. The highest BCUT2D eigenvalue weighted by atomic mass is 35.5. The molecule has 9 heteroatoms. The van der Waals surface area contributed by atoms with E-state index in [1.807, 2.05) is 0 Å². The van der Waals surface area contributed by atoms with Crippen molar-refractivity contribution in [1.29, 1.82) is 0 Å². The molecule has 0 aliphatic carbocycles. The van der Waals surface area contributed by atoms with Crippen LogP contribution in [0.2, 0.25) is 5.02 Å². The Labute approximate surface area is 180 Å². The molecule has 0 bridgehead atoms. The molecule has 2 N–H and O–H groups in total. The van der Waals surface area contributed by atoms with Crippen LogP contribution < -0.4 is 10.2 Å². The van der Waals surface area contributed by atoms with E-state index in [9.17, 15) is 24.3 Å². The van der Waals surface area contributed by atoms with Crippen LogP contribution in [0.1, 0.15) is 16.1 Å². The molecule has 8 nitrogen and oxygen atoms in total. The molecular weight excluding hydrogens is 424 g/mol. The molecule has 1 aromatic heterocycles. The Morgan fingerprint density at radius 2 is 1.81 bits per heavy atom. The third-order valence-electron chi connectivity index (χ3n) is 4.50. The number of hydrogen-bond donors (Lipinski definition) is 2. The van der Waals surface area contributed by atoms with E-state index in [4.69, 9.17) is 16.0 Å². The summed E-state index contributed by atoms with van der Waals surface area (Å²) in [6, 6.07) is 14.5. The number of barbiturate groups is 1. The number of anilines is 1. The first kappa shape index (κ1) is 20.1. The lowest BCUT2D eigenvalue weighted by Crippen LogP contribution is -2.54. The first-order valence-electron chi connectivity index (χ1n) is 8.94. The van der Waals surface area contributed by atoms with Gasteiger partial charge in [-0.2, -0.15) is 0 Å². The number of furan rings is 1. The van der Waals surface area contributed by atoms with Gasteiger partial charge in [-0.05, 0) is 42.5 Å². The van der Waals surface area contributed by atoms with E-state index < -0.39 is 23.8 Å². The Morgan fingerprint density at radius 3 is 2.55 bits per heavy atom. The molecule has 1 saturated heterocycles. The van der Waals surface area contributed by atoms with Crippen LogP contribution in [0.25, 0.3) is 17.4 Å². The standard InChI is InChI=1S/C22H13ClN2O6/c23-12-4-3-5-13(10-12)25-20(27)17(19(26)24-22(25)30)11-14-8-9-18(31-14)15-6-1-2-7-16(15)21(28)29/h1-11H,(H,28,29)(H,24,26,30)/b17-11+. The summed E-state index contributed by atoms with van der Waals surface area (Å²) >= 11 is 5.94. The number of imide groups is 2. The third-order valence-corrected chi connectivity index (χ3v) is 4.74. The summed E-state index contributed by atoms with van der Waals surface area (Å²) in [5.41, 5.74) is 0.256. The number of nitrogens with zero attached hydrogens (tertiary/aromatic N) is 1. The van der Waals surface area contributed by atoms with Gasteiger partial charge in [-0.1, -0.05) is 35.9 Å². The van der Waals surface area contributed by atoms with E-state index in [0.717, 1.165) is 4.90 Å². The molecule has 4 amide bonds. The van der Waals surface area contributed by atoms with Gasteiger partial charge >= 0.3 is 12.0 Å². The van der Waals surface area contributed by atoms with E-state index in [1.165, 1.54) is 36.4 Å². The number of nitrogens with one attached hydrogen (secondary N) is 1. The van der Waals surface area contributed by atoms with Crippen molar-refractivity contribution in [1.82, 2.24) is 5.32 Å². The molecule has 0 atom stereocenters. The average Bonchev–Trinajstić information content (AvgIpc) is 3.19. The maximum atomic E-state index is 12.9. The van der Waals surface area contributed by atoms with E-state index in [2.05, 4.69) is 5.32 Å². The van der Waals surface area contributed by atoms with E-state index in [0.29, 0.717) is 10.6 Å². The van der Waals surface area contributed by atoms with Crippen LogP contribution in [0.4, 0.5) is 10.5 Å². The monoisotopic (exact) mass is 436 g/mol. The molecule has 2 aromatic carbocycles. The van der Waals surface area contributed by atoms with Crippen LogP contribution in [0.15, 0.2) is 70.7 Å². The quantitative estimate of drug-likeness (QED) is 0.472. The predicted molar refractivity (Wildman–Crippen MR) is 112 cm³/mol. The summed E-state index contributed by atoms with van der Waals surface area (Å²) in [7, 11) is 0. The minimum absolute atomic E-state index is 0.0419. The molecule has 3 aromatic rings. The SMILES string of the molecule is O=C1NC(=O)N(c2cccc(Cl)c2)C(=O)/C1=C/c1ccc(-c2ccccc2C(=O)O)o1. The first-order valence-corrected chi connectivity index (χ1v) is 9.32. The summed E-state index contributed by atoms with van der Waals surface area (Å²) in [4.78, 5) is 49.7. The second-order valence-electron chi connectivity index (χ2n) is 6.49. The Kier molecular flexibility index (Phi) is 5.14. The van der Waals surface area contributed by atoms with E-state index in [-0.39, 0.29) is 28.3 Å². The normalized spacial score (nSPS) is 15.3. The van der Waals surface area contributed by atoms with Gasteiger partial charge in [-0.25, -0.2) is 14.5 Å². The highest BCUT2D eigenvalue weighted by Gasteiger charge is 2.37. The number of benzene rings is 2. The minimum Gasteiger partial charge on any atom is -0.478 e.